The van der Waals surface area contributed by atoms with Gasteiger partial charge >= 0.3 is 5.97 Å². The standard InChI is InChI=1S/C26H26ClFN2O3/c1-2-3-4-5-6-17-32-22-13-7-19(8-14-22)26(31)33-23-15-16-25(24(27)18-23)30-29-21-11-9-20(28)10-12-21/h7-16,18H,2-6,17H2,1H3. The number of ether oxygens (including phenoxy) is 2. The van der Waals surface area contributed by atoms with Gasteiger partial charge in [0.15, 0.2) is 0 Å². The van der Waals surface area contributed by atoms with Crippen molar-refractivity contribution in [2.24, 2.45) is 10.2 Å². The molecule has 0 heterocycles. The number of halogens is 2. The van der Waals surface area contributed by atoms with Crippen molar-refractivity contribution in [3.8, 4) is 11.5 Å². The van der Waals surface area contributed by atoms with Crippen molar-refractivity contribution in [1.29, 1.82) is 0 Å². The largest absolute Gasteiger partial charge is 0.494 e. The van der Waals surface area contributed by atoms with E-state index in [0.717, 1.165) is 18.6 Å². The van der Waals surface area contributed by atoms with Crippen LogP contribution in [0.25, 0.3) is 0 Å². The average Bonchev–Trinajstić information content (AvgIpc) is 2.82. The molecule has 0 atom stereocenters. The maximum absolute atomic E-state index is 13.0. The molecule has 3 rings (SSSR count). The minimum atomic E-state index is -0.502. The van der Waals surface area contributed by atoms with Crippen LogP contribution in [0.2, 0.25) is 5.02 Å². The molecule has 0 aliphatic heterocycles. The van der Waals surface area contributed by atoms with Crippen molar-refractivity contribution in [2.45, 2.75) is 39.0 Å². The van der Waals surface area contributed by atoms with Gasteiger partial charge in [0.25, 0.3) is 0 Å². The summed E-state index contributed by atoms with van der Waals surface area (Å²) in [6.07, 6.45) is 5.88. The van der Waals surface area contributed by atoms with E-state index in [2.05, 4.69) is 17.2 Å². The molecule has 172 valence electrons. The van der Waals surface area contributed by atoms with E-state index in [-0.39, 0.29) is 16.6 Å². The van der Waals surface area contributed by atoms with Crippen molar-refractivity contribution in [1.82, 2.24) is 0 Å². The fourth-order valence-corrected chi connectivity index (χ4v) is 3.21. The normalized spacial score (nSPS) is 11.0. The second kappa shape index (κ2) is 12.7. The summed E-state index contributed by atoms with van der Waals surface area (Å²) in [6, 6.07) is 17.1. The van der Waals surface area contributed by atoms with Crippen LogP contribution < -0.4 is 9.47 Å². The van der Waals surface area contributed by atoms with Crippen molar-refractivity contribution >= 4 is 28.9 Å². The Morgan fingerprint density at radius 2 is 1.58 bits per heavy atom. The van der Waals surface area contributed by atoms with Gasteiger partial charge in [-0.3, -0.25) is 0 Å². The highest BCUT2D eigenvalue weighted by molar-refractivity contribution is 6.33. The number of hydrogen-bond acceptors (Lipinski definition) is 5. The van der Waals surface area contributed by atoms with E-state index in [1.54, 1.807) is 36.4 Å². The Balaban J connectivity index is 1.52. The smallest absolute Gasteiger partial charge is 0.343 e. The monoisotopic (exact) mass is 468 g/mol. The molecule has 0 saturated heterocycles. The van der Waals surface area contributed by atoms with Gasteiger partial charge < -0.3 is 9.47 Å². The molecule has 0 aromatic heterocycles. The van der Waals surface area contributed by atoms with Crippen LogP contribution in [0.4, 0.5) is 15.8 Å². The minimum absolute atomic E-state index is 0.272. The third-order valence-corrected chi connectivity index (χ3v) is 5.14. The zero-order valence-corrected chi connectivity index (χ0v) is 19.2. The second-order valence-electron chi connectivity index (χ2n) is 7.47. The van der Waals surface area contributed by atoms with E-state index in [0.29, 0.717) is 23.5 Å². The molecule has 33 heavy (non-hydrogen) atoms. The lowest BCUT2D eigenvalue weighted by atomic mass is 10.2. The summed E-state index contributed by atoms with van der Waals surface area (Å²) in [4.78, 5) is 12.4. The zero-order valence-electron chi connectivity index (χ0n) is 18.5. The lowest BCUT2D eigenvalue weighted by molar-refractivity contribution is 0.0734. The highest BCUT2D eigenvalue weighted by Crippen LogP contribution is 2.31. The number of carbonyl (C=O) groups is 1. The topological polar surface area (TPSA) is 60.2 Å². The summed E-state index contributed by atoms with van der Waals surface area (Å²) in [6.45, 7) is 2.85. The maximum atomic E-state index is 13.0. The second-order valence-corrected chi connectivity index (χ2v) is 7.87. The summed E-state index contributed by atoms with van der Waals surface area (Å²) in [7, 11) is 0. The number of nitrogens with zero attached hydrogens (tertiary/aromatic N) is 2. The Kier molecular flexibility index (Phi) is 9.39. The fourth-order valence-electron chi connectivity index (χ4n) is 3.00. The molecule has 0 saturated carbocycles. The number of rotatable bonds is 11. The van der Waals surface area contributed by atoms with Crippen LogP contribution in [0.3, 0.4) is 0 Å². The Labute approximate surface area is 198 Å². The van der Waals surface area contributed by atoms with Gasteiger partial charge in [0.2, 0.25) is 0 Å². The van der Waals surface area contributed by atoms with E-state index in [4.69, 9.17) is 21.1 Å². The molecule has 0 spiro atoms. The summed E-state index contributed by atoms with van der Waals surface area (Å²) in [5.74, 6) is 0.162. The Hall–Kier alpha value is -3.25. The van der Waals surface area contributed by atoms with Gasteiger partial charge in [-0.25, -0.2) is 9.18 Å². The fraction of sp³-hybridized carbons (Fsp3) is 0.269. The Bertz CT molecular complexity index is 1070. The van der Waals surface area contributed by atoms with Crippen molar-refractivity contribution in [2.75, 3.05) is 6.61 Å². The molecule has 0 bridgehead atoms. The van der Waals surface area contributed by atoms with Crippen molar-refractivity contribution < 1.29 is 18.7 Å². The predicted molar refractivity (Wildman–Crippen MR) is 128 cm³/mol. The molecule has 0 aliphatic carbocycles. The van der Waals surface area contributed by atoms with Gasteiger partial charge in [-0.05, 0) is 67.1 Å². The molecule has 0 radical (unpaired) electrons. The van der Waals surface area contributed by atoms with Crippen molar-refractivity contribution in [3.63, 3.8) is 0 Å². The highest BCUT2D eigenvalue weighted by Gasteiger charge is 2.11. The number of carbonyl (C=O) groups excluding carboxylic acids is 1. The summed E-state index contributed by atoms with van der Waals surface area (Å²) < 4.78 is 24.1. The first-order valence-electron chi connectivity index (χ1n) is 11.0. The van der Waals surface area contributed by atoms with Crippen molar-refractivity contribution in [3.05, 3.63) is 83.1 Å². The average molecular weight is 469 g/mol. The molecule has 3 aromatic rings. The molecule has 0 amide bonds. The highest BCUT2D eigenvalue weighted by atomic mass is 35.5. The van der Waals surface area contributed by atoms with Crippen LogP contribution in [-0.4, -0.2) is 12.6 Å². The molecule has 0 fully saturated rings. The third-order valence-electron chi connectivity index (χ3n) is 4.84. The molecular formula is C26H26ClFN2O3. The number of hydrogen-bond donors (Lipinski definition) is 0. The van der Waals surface area contributed by atoms with Crippen LogP contribution >= 0.6 is 11.6 Å². The molecule has 0 unspecified atom stereocenters. The maximum Gasteiger partial charge on any atom is 0.343 e. The Morgan fingerprint density at radius 3 is 2.27 bits per heavy atom. The summed E-state index contributed by atoms with van der Waals surface area (Å²) in [5.41, 5.74) is 1.30. The zero-order chi connectivity index (χ0) is 23.5. The van der Waals surface area contributed by atoms with Gasteiger partial charge in [0.1, 0.15) is 23.0 Å². The molecule has 0 aliphatic rings. The third kappa shape index (κ3) is 7.99. The SMILES string of the molecule is CCCCCCCOc1ccc(C(=O)Oc2ccc(N=Nc3ccc(F)cc3)c(Cl)c2)cc1. The molecular weight excluding hydrogens is 443 g/mol. The quantitative estimate of drug-likeness (QED) is 0.123. The first kappa shape index (κ1) is 24.4. The van der Waals surface area contributed by atoms with E-state index < -0.39 is 5.97 Å². The molecule has 7 heteroatoms. The molecule has 0 N–H and O–H groups in total. The van der Waals surface area contributed by atoms with Crippen LogP contribution in [0.1, 0.15) is 49.4 Å². The first-order valence-corrected chi connectivity index (χ1v) is 11.3. The number of unbranched alkanes of at least 4 members (excludes halogenated alkanes) is 4. The minimum Gasteiger partial charge on any atom is -0.494 e. The summed E-state index contributed by atoms with van der Waals surface area (Å²) in [5, 5.41) is 8.35. The van der Waals surface area contributed by atoms with E-state index in [9.17, 15) is 9.18 Å². The van der Waals surface area contributed by atoms with E-state index in [1.807, 2.05) is 0 Å². The van der Waals surface area contributed by atoms with Crippen LogP contribution in [0, 0.1) is 5.82 Å². The van der Waals surface area contributed by atoms with Crippen LogP contribution in [-0.2, 0) is 0 Å². The number of benzene rings is 3. The predicted octanol–water partition coefficient (Wildman–Crippen LogP) is 8.46. The number of esters is 1. The van der Waals surface area contributed by atoms with Gasteiger partial charge in [-0.2, -0.15) is 5.11 Å². The first-order chi connectivity index (χ1) is 16.0. The van der Waals surface area contributed by atoms with E-state index >= 15 is 0 Å². The van der Waals surface area contributed by atoms with Gasteiger partial charge in [-0.15, -0.1) is 5.11 Å². The number of azo groups is 1. The van der Waals surface area contributed by atoms with Crippen LogP contribution in [0.15, 0.2) is 77.0 Å². The molecule has 3 aromatic carbocycles. The van der Waals surface area contributed by atoms with Gasteiger partial charge in [-0.1, -0.05) is 44.2 Å². The van der Waals surface area contributed by atoms with Gasteiger partial charge in [0.05, 0.1) is 22.9 Å². The lowest BCUT2D eigenvalue weighted by Crippen LogP contribution is -2.08. The van der Waals surface area contributed by atoms with E-state index in [1.165, 1.54) is 49.6 Å². The lowest BCUT2D eigenvalue weighted by Gasteiger charge is -2.08. The molecule has 5 nitrogen and oxygen atoms in total. The van der Waals surface area contributed by atoms with Gasteiger partial charge in [0, 0.05) is 6.07 Å². The summed E-state index contributed by atoms with van der Waals surface area (Å²) >= 11 is 6.24. The van der Waals surface area contributed by atoms with Crippen LogP contribution in [0.5, 0.6) is 11.5 Å². The Morgan fingerprint density at radius 1 is 0.879 bits per heavy atom.